The molecule has 1 aromatic heterocycles. The van der Waals surface area contributed by atoms with Crippen molar-refractivity contribution >= 4 is 23.3 Å². The van der Waals surface area contributed by atoms with Crippen molar-refractivity contribution in [3.63, 3.8) is 0 Å². The Kier molecular flexibility index (Phi) is 6.47. The van der Waals surface area contributed by atoms with Gasteiger partial charge in [-0.05, 0) is 54.6 Å². The van der Waals surface area contributed by atoms with Gasteiger partial charge in [0.2, 0.25) is 0 Å². The standard InChI is InChI=1S/C21H20FN3O4/c1-25(11-13-28-18-9-7-15(22)8-10-18)21(27)24-17-5-2-4-16(14-17)23-20(26)19-6-3-12-29-19/h2-10,12,14H,11,13H2,1H3,(H,23,26)(H,24,27). The average molecular weight is 397 g/mol. The van der Waals surface area contributed by atoms with Crippen molar-refractivity contribution in [1.29, 1.82) is 0 Å². The van der Waals surface area contributed by atoms with E-state index in [2.05, 4.69) is 10.6 Å². The zero-order valence-electron chi connectivity index (χ0n) is 15.7. The van der Waals surface area contributed by atoms with Crippen molar-refractivity contribution in [3.05, 3.63) is 78.5 Å². The fourth-order valence-corrected chi connectivity index (χ4v) is 2.43. The molecule has 0 fully saturated rings. The van der Waals surface area contributed by atoms with Gasteiger partial charge in [0.1, 0.15) is 18.2 Å². The van der Waals surface area contributed by atoms with Crippen LogP contribution in [0.1, 0.15) is 10.6 Å². The third-order valence-electron chi connectivity index (χ3n) is 3.97. The number of halogens is 1. The van der Waals surface area contributed by atoms with Gasteiger partial charge in [-0.25, -0.2) is 9.18 Å². The SMILES string of the molecule is CN(CCOc1ccc(F)cc1)C(=O)Nc1cccc(NC(=O)c2ccco2)c1. The molecule has 0 unspecified atom stereocenters. The molecule has 3 amide bonds. The highest BCUT2D eigenvalue weighted by atomic mass is 19.1. The van der Waals surface area contributed by atoms with E-state index in [0.717, 1.165) is 0 Å². The Bertz CT molecular complexity index is 958. The van der Waals surface area contributed by atoms with Crippen LogP contribution >= 0.6 is 0 Å². The number of hydrogen-bond acceptors (Lipinski definition) is 4. The van der Waals surface area contributed by atoms with Crippen LogP contribution in [0.3, 0.4) is 0 Å². The summed E-state index contributed by atoms with van der Waals surface area (Å²) in [5, 5.41) is 5.45. The fourth-order valence-electron chi connectivity index (χ4n) is 2.43. The maximum absolute atomic E-state index is 12.9. The van der Waals surface area contributed by atoms with Crippen molar-refractivity contribution in [2.24, 2.45) is 0 Å². The molecule has 8 heteroatoms. The molecule has 0 saturated heterocycles. The van der Waals surface area contributed by atoms with Gasteiger partial charge >= 0.3 is 6.03 Å². The molecule has 0 aliphatic rings. The highest BCUT2D eigenvalue weighted by Gasteiger charge is 2.11. The Morgan fingerprint density at radius 3 is 2.45 bits per heavy atom. The number of nitrogens with zero attached hydrogens (tertiary/aromatic N) is 1. The number of carbonyl (C=O) groups is 2. The highest BCUT2D eigenvalue weighted by Crippen LogP contribution is 2.17. The van der Waals surface area contributed by atoms with Gasteiger partial charge < -0.3 is 24.7 Å². The first kappa shape index (κ1) is 19.9. The predicted molar refractivity (Wildman–Crippen MR) is 107 cm³/mol. The molecule has 150 valence electrons. The van der Waals surface area contributed by atoms with E-state index in [1.807, 2.05) is 0 Å². The number of urea groups is 1. The maximum Gasteiger partial charge on any atom is 0.321 e. The summed E-state index contributed by atoms with van der Waals surface area (Å²) in [7, 11) is 1.63. The smallest absolute Gasteiger partial charge is 0.321 e. The van der Waals surface area contributed by atoms with Gasteiger partial charge in [-0.1, -0.05) is 6.07 Å². The summed E-state index contributed by atoms with van der Waals surface area (Å²) in [6.07, 6.45) is 1.42. The first-order valence-electron chi connectivity index (χ1n) is 8.86. The third kappa shape index (κ3) is 5.83. The van der Waals surface area contributed by atoms with E-state index in [4.69, 9.17) is 9.15 Å². The second kappa shape index (κ2) is 9.41. The minimum absolute atomic E-state index is 0.195. The van der Waals surface area contributed by atoms with Crippen LogP contribution < -0.4 is 15.4 Å². The summed E-state index contributed by atoms with van der Waals surface area (Å²) in [5.74, 6) is 0.00509. The first-order chi connectivity index (χ1) is 14.0. The number of ether oxygens (including phenoxy) is 1. The van der Waals surface area contributed by atoms with Crippen LogP contribution in [-0.4, -0.2) is 37.0 Å². The number of anilines is 2. The molecule has 0 atom stereocenters. The van der Waals surface area contributed by atoms with E-state index in [1.54, 1.807) is 43.4 Å². The van der Waals surface area contributed by atoms with Crippen molar-refractivity contribution in [1.82, 2.24) is 4.90 Å². The van der Waals surface area contributed by atoms with E-state index in [1.165, 1.54) is 35.4 Å². The maximum atomic E-state index is 12.9. The molecule has 0 saturated carbocycles. The van der Waals surface area contributed by atoms with Crippen LogP contribution in [0, 0.1) is 5.82 Å². The van der Waals surface area contributed by atoms with Gasteiger partial charge in [0.05, 0.1) is 12.8 Å². The van der Waals surface area contributed by atoms with E-state index >= 15 is 0 Å². The van der Waals surface area contributed by atoms with E-state index < -0.39 is 0 Å². The molecule has 0 aliphatic carbocycles. The van der Waals surface area contributed by atoms with Gasteiger partial charge in [-0.2, -0.15) is 0 Å². The molecule has 2 aromatic carbocycles. The quantitative estimate of drug-likeness (QED) is 0.625. The summed E-state index contributed by atoms with van der Waals surface area (Å²) < 4.78 is 23.4. The lowest BCUT2D eigenvalue weighted by Gasteiger charge is -2.18. The lowest BCUT2D eigenvalue weighted by atomic mass is 10.2. The summed E-state index contributed by atoms with van der Waals surface area (Å²) in [5.41, 5.74) is 1.05. The van der Waals surface area contributed by atoms with Crippen LogP contribution in [0.2, 0.25) is 0 Å². The number of likely N-dealkylation sites (N-methyl/N-ethyl adjacent to an activating group) is 1. The molecule has 29 heavy (non-hydrogen) atoms. The number of hydrogen-bond donors (Lipinski definition) is 2. The molecule has 2 N–H and O–H groups in total. The number of benzene rings is 2. The molecule has 0 spiro atoms. The Balaban J connectivity index is 1.49. The zero-order chi connectivity index (χ0) is 20.6. The van der Waals surface area contributed by atoms with Crippen LogP contribution in [-0.2, 0) is 0 Å². The van der Waals surface area contributed by atoms with E-state index in [9.17, 15) is 14.0 Å². The van der Waals surface area contributed by atoms with E-state index in [0.29, 0.717) is 23.7 Å². The van der Waals surface area contributed by atoms with Crippen molar-refractivity contribution < 1.29 is 23.1 Å². The molecule has 0 bridgehead atoms. The average Bonchev–Trinajstić information content (AvgIpc) is 3.25. The minimum atomic E-state index is -0.381. The summed E-state index contributed by atoms with van der Waals surface area (Å²) in [4.78, 5) is 25.8. The summed E-state index contributed by atoms with van der Waals surface area (Å²) in [6, 6.07) is 15.3. The Morgan fingerprint density at radius 1 is 1.03 bits per heavy atom. The zero-order valence-corrected chi connectivity index (χ0v) is 15.7. The van der Waals surface area contributed by atoms with Crippen LogP contribution in [0.4, 0.5) is 20.6 Å². The van der Waals surface area contributed by atoms with Gasteiger partial charge in [0.15, 0.2) is 5.76 Å². The summed E-state index contributed by atoms with van der Waals surface area (Å²) >= 11 is 0. The Labute approximate surface area is 167 Å². The minimum Gasteiger partial charge on any atom is -0.492 e. The lowest BCUT2D eigenvalue weighted by molar-refractivity contribution is 0.0996. The third-order valence-corrected chi connectivity index (χ3v) is 3.97. The van der Waals surface area contributed by atoms with E-state index in [-0.39, 0.29) is 30.1 Å². The van der Waals surface area contributed by atoms with Gasteiger partial charge in [-0.15, -0.1) is 0 Å². The molecule has 7 nitrogen and oxygen atoms in total. The number of carbonyl (C=O) groups excluding carboxylic acids is 2. The van der Waals surface area contributed by atoms with Crippen molar-refractivity contribution in [3.8, 4) is 5.75 Å². The predicted octanol–water partition coefficient (Wildman–Crippen LogP) is 4.21. The highest BCUT2D eigenvalue weighted by molar-refractivity contribution is 6.02. The lowest BCUT2D eigenvalue weighted by Crippen LogP contribution is -2.34. The second-order valence-electron chi connectivity index (χ2n) is 6.17. The monoisotopic (exact) mass is 397 g/mol. The number of nitrogens with one attached hydrogen (secondary N) is 2. The molecular formula is C21H20FN3O4. The van der Waals surface area contributed by atoms with Gasteiger partial charge in [0, 0.05) is 18.4 Å². The molecule has 3 aromatic rings. The molecule has 0 radical (unpaired) electrons. The molecule has 0 aliphatic heterocycles. The van der Waals surface area contributed by atoms with Crippen LogP contribution in [0.5, 0.6) is 5.75 Å². The largest absolute Gasteiger partial charge is 0.492 e. The fraction of sp³-hybridized carbons (Fsp3) is 0.143. The number of rotatable bonds is 7. The van der Waals surface area contributed by atoms with Gasteiger partial charge in [0.25, 0.3) is 5.91 Å². The van der Waals surface area contributed by atoms with Crippen molar-refractivity contribution in [2.45, 2.75) is 0 Å². The second-order valence-corrected chi connectivity index (χ2v) is 6.17. The molecule has 3 rings (SSSR count). The topological polar surface area (TPSA) is 83.8 Å². The normalized spacial score (nSPS) is 10.3. The summed E-state index contributed by atoms with van der Waals surface area (Å²) in [6.45, 7) is 0.590. The van der Waals surface area contributed by atoms with Crippen LogP contribution in [0.25, 0.3) is 0 Å². The Hall–Kier alpha value is -3.81. The van der Waals surface area contributed by atoms with Crippen LogP contribution in [0.15, 0.2) is 71.3 Å². The molecular weight excluding hydrogens is 377 g/mol. The van der Waals surface area contributed by atoms with Gasteiger partial charge in [-0.3, -0.25) is 4.79 Å². The Morgan fingerprint density at radius 2 is 1.76 bits per heavy atom. The van der Waals surface area contributed by atoms with Crippen molar-refractivity contribution in [2.75, 3.05) is 30.8 Å². The first-order valence-corrected chi connectivity index (χ1v) is 8.86. The molecule has 1 heterocycles. The number of furan rings is 1. The number of amides is 3.